The number of nitrogens with zero attached hydrogens (tertiary/aromatic N) is 1. The molecule has 0 N–H and O–H groups in total. The van der Waals surface area contributed by atoms with Crippen LogP contribution in [0.25, 0.3) is 0 Å². The molecule has 0 spiro atoms. The molecule has 0 radical (unpaired) electrons. The van der Waals surface area contributed by atoms with Gasteiger partial charge < -0.3 is 4.90 Å². The van der Waals surface area contributed by atoms with Crippen LogP contribution in [0.1, 0.15) is 58.1 Å². The molecule has 140 valence electrons. The minimum Gasteiger partial charge on any atom is -0.341 e. The fourth-order valence-electron chi connectivity index (χ4n) is 3.61. The molecule has 1 fully saturated rings. The monoisotopic (exact) mass is 365 g/mol. The predicted molar refractivity (Wildman–Crippen MR) is 102 cm³/mol. The Labute approximate surface area is 152 Å². The van der Waals surface area contributed by atoms with Crippen molar-refractivity contribution in [1.82, 2.24) is 4.90 Å². The van der Waals surface area contributed by atoms with E-state index in [4.69, 9.17) is 0 Å². The zero-order valence-electron chi connectivity index (χ0n) is 16.0. The summed E-state index contributed by atoms with van der Waals surface area (Å²) in [6.45, 7) is 11.3. The molecule has 1 saturated heterocycles. The smallest absolute Gasteiger partial charge is 0.240 e. The average molecular weight is 366 g/mol. The summed E-state index contributed by atoms with van der Waals surface area (Å²) in [5, 5.41) is -0.991. The lowest BCUT2D eigenvalue weighted by molar-refractivity contribution is -0.133. The Bertz CT molecular complexity index is 684. The molecule has 2 rings (SSSR count). The molecule has 1 aromatic rings. The van der Waals surface area contributed by atoms with Gasteiger partial charge in [0.1, 0.15) is 5.25 Å². The van der Waals surface area contributed by atoms with Crippen molar-refractivity contribution in [3.8, 4) is 0 Å². The van der Waals surface area contributed by atoms with Crippen LogP contribution in [0, 0.1) is 11.8 Å². The first-order valence-corrected chi connectivity index (χ1v) is 10.9. The Kier molecular flexibility index (Phi) is 6.30. The standard InChI is InChI=1S/C20H31NO3S/c1-14(2)19-8-6-18(7-9-19)13-25(23,24)17(5)20(22)21-11-15(3)10-16(4)12-21/h6-9,14-17H,10-13H2,1-5H3/t15-,16-,17+/m1/s1. The van der Waals surface area contributed by atoms with Gasteiger partial charge in [-0.3, -0.25) is 4.79 Å². The van der Waals surface area contributed by atoms with Crippen LogP contribution in [0.5, 0.6) is 0 Å². The van der Waals surface area contributed by atoms with E-state index in [2.05, 4.69) is 27.7 Å². The topological polar surface area (TPSA) is 54.5 Å². The number of rotatable bonds is 5. The van der Waals surface area contributed by atoms with Crippen molar-refractivity contribution in [2.75, 3.05) is 13.1 Å². The van der Waals surface area contributed by atoms with Crippen LogP contribution in [-0.2, 0) is 20.4 Å². The Morgan fingerprint density at radius 1 is 1.08 bits per heavy atom. The van der Waals surface area contributed by atoms with Crippen molar-refractivity contribution in [1.29, 1.82) is 0 Å². The number of amides is 1. The van der Waals surface area contributed by atoms with E-state index in [0.29, 0.717) is 30.8 Å². The van der Waals surface area contributed by atoms with Crippen molar-refractivity contribution >= 4 is 15.7 Å². The minimum atomic E-state index is -3.52. The number of piperidine rings is 1. The van der Waals surface area contributed by atoms with Crippen molar-refractivity contribution in [2.45, 2.75) is 58.0 Å². The lowest BCUT2D eigenvalue weighted by Crippen LogP contribution is -2.48. The molecule has 1 aromatic carbocycles. The maximum absolute atomic E-state index is 12.7. The molecule has 4 nitrogen and oxygen atoms in total. The number of likely N-dealkylation sites (tertiary alicyclic amines) is 1. The number of hydrogen-bond acceptors (Lipinski definition) is 3. The summed E-state index contributed by atoms with van der Waals surface area (Å²) < 4.78 is 25.4. The summed E-state index contributed by atoms with van der Waals surface area (Å²) in [5.41, 5.74) is 1.92. The molecule has 1 aliphatic heterocycles. The summed E-state index contributed by atoms with van der Waals surface area (Å²) in [6, 6.07) is 7.65. The molecule has 1 amide bonds. The first-order valence-electron chi connectivity index (χ1n) is 9.19. The van der Waals surface area contributed by atoms with Crippen LogP contribution in [0.15, 0.2) is 24.3 Å². The van der Waals surface area contributed by atoms with Crippen molar-refractivity contribution in [2.24, 2.45) is 11.8 Å². The number of hydrogen-bond donors (Lipinski definition) is 0. The van der Waals surface area contributed by atoms with Gasteiger partial charge in [0, 0.05) is 13.1 Å². The third kappa shape index (κ3) is 5.06. The van der Waals surface area contributed by atoms with Crippen molar-refractivity contribution in [3.63, 3.8) is 0 Å². The summed E-state index contributed by atoms with van der Waals surface area (Å²) in [6.07, 6.45) is 1.09. The second kappa shape index (κ2) is 7.90. The molecule has 0 saturated carbocycles. The summed E-state index contributed by atoms with van der Waals surface area (Å²) in [4.78, 5) is 14.5. The molecule has 1 aliphatic rings. The van der Waals surface area contributed by atoms with Gasteiger partial charge in [0.15, 0.2) is 9.84 Å². The zero-order valence-corrected chi connectivity index (χ0v) is 16.8. The Morgan fingerprint density at radius 2 is 1.60 bits per heavy atom. The summed E-state index contributed by atoms with van der Waals surface area (Å²) in [5.74, 6) is 0.917. The Balaban J connectivity index is 2.08. The van der Waals surface area contributed by atoms with Gasteiger partial charge in [-0.1, -0.05) is 52.0 Å². The van der Waals surface area contributed by atoms with Gasteiger partial charge in [0.2, 0.25) is 5.91 Å². The van der Waals surface area contributed by atoms with Gasteiger partial charge in [-0.15, -0.1) is 0 Å². The summed E-state index contributed by atoms with van der Waals surface area (Å²) in [7, 11) is -3.52. The lowest BCUT2D eigenvalue weighted by atomic mass is 9.92. The van der Waals surface area contributed by atoms with E-state index in [9.17, 15) is 13.2 Å². The molecule has 0 aliphatic carbocycles. The maximum Gasteiger partial charge on any atom is 0.240 e. The fourth-order valence-corrected chi connectivity index (χ4v) is 4.97. The van der Waals surface area contributed by atoms with E-state index in [-0.39, 0.29) is 11.7 Å². The first-order chi connectivity index (χ1) is 11.6. The van der Waals surface area contributed by atoms with Crippen molar-refractivity contribution in [3.05, 3.63) is 35.4 Å². The van der Waals surface area contributed by atoms with Crippen LogP contribution in [0.4, 0.5) is 0 Å². The highest BCUT2D eigenvalue weighted by molar-refractivity contribution is 7.92. The van der Waals surface area contributed by atoms with Gasteiger partial charge in [0.05, 0.1) is 5.75 Å². The van der Waals surface area contributed by atoms with E-state index in [0.717, 1.165) is 12.0 Å². The maximum atomic E-state index is 12.7. The van der Waals surface area contributed by atoms with Gasteiger partial charge in [0.25, 0.3) is 0 Å². The van der Waals surface area contributed by atoms with Crippen LogP contribution in [-0.4, -0.2) is 37.6 Å². The molecule has 25 heavy (non-hydrogen) atoms. The molecule has 0 unspecified atom stereocenters. The van der Waals surface area contributed by atoms with E-state index >= 15 is 0 Å². The van der Waals surface area contributed by atoms with Gasteiger partial charge in [-0.25, -0.2) is 8.42 Å². The zero-order chi connectivity index (χ0) is 18.8. The number of carbonyl (C=O) groups excluding carboxylic acids is 1. The van der Waals surface area contributed by atoms with Crippen LogP contribution in [0.2, 0.25) is 0 Å². The molecular weight excluding hydrogens is 334 g/mol. The largest absolute Gasteiger partial charge is 0.341 e. The fraction of sp³-hybridized carbons (Fsp3) is 0.650. The lowest BCUT2D eigenvalue weighted by Gasteiger charge is -2.36. The third-order valence-corrected chi connectivity index (χ3v) is 7.10. The minimum absolute atomic E-state index is 0.0861. The number of carbonyl (C=O) groups is 1. The van der Waals surface area contributed by atoms with E-state index < -0.39 is 15.1 Å². The second-order valence-electron chi connectivity index (χ2n) is 8.03. The number of benzene rings is 1. The highest BCUT2D eigenvalue weighted by atomic mass is 32.2. The predicted octanol–water partition coefficient (Wildman–Crippen LogP) is 3.62. The highest BCUT2D eigenvalue weighted by Gasteiger charge is 2.34. The van der Waals surface area contributed by atoms with Crippen LogP contribution in [0.3, 0.4) is 0 Å². The molecule has 0 bridgehead atoms. The van der Waals surface area contributed by atoms with Crippen molar-refractivity contribution < 1.29 is 13.2 Å². The average Bonchev–Trinajstić information content (AvgIpc) is 2.52. The van der Waals surface area contributed by atoms with E-state index in [1.54, 1.807) is 4.90 Å². The SMILES string of the molecule is CC(C)c1ccc(CS(=O)(=O)[C@@H](C)C(=O)N2C[C@H](C)C[C@@H](C)C2)cc1. The van der Waals surface area contributed by atoms with Crippen LogP contribution < -0.4 is 0 Å². The normalized spacial score (nSPS) is 22.9. The molecule has 0 aromatic heterocycles. The Hall–Kier alpha value is -1.36. The Morgan fingerprint density at radius 3 is 2.08 bits per heavy atom. The quantitative estimate of drug-likeness (QED) is 0.801. The molecule has 5 heteroatoms. The molecule has 3 atom stereocenters. The first kappa shape index (κ1) is 20.0. The summed E-state index contributed by atoms with van der Waals surface area (Å²) >= 11 is 0. The molecular formula is C20H31NO3S. The van der Waals surface area contributed by atoms with E-state index in [1.807, 2.05) is 24.3 Å². The molecule has 1 heterocycles. The van der Waals surface area contributed by atoms with E-state index in [1.165, 1.54) is 12.5 Å². The van der Waals surface area contributed by atoms with Crippen LogP contribution >= 0.6 is 0 Å². The van der Waals surface area contributed by atoms with Gasteiger partial charge >= 0.3 is 0 Å². The second-order valence-corrected chi connectivity index (χ2v) is 10.4. The third-order valence-electron chi connectivity index (χ3n) is 5.08. The highest BCUT2D eigenvalue weighted by Crippen LogP contribution is 2.23. The number of sulfone groups is 1. The van der Waals surface area contributed by atoms with Gasteiger partial charge in [-0.05, 0) is 42.2 Å². The van der Waals surface area contributed by atoms with Gasteiger partial charge in [-0.2, -0.15) is 0 Å².